The SMILES string of the molecule is CSCCC(C)n1cc(C)nc1NCC(C)C. The highest BCUT2D eigenvalue weighted by atomic mass is 32.2. The molecule has 1 aromatic rings. The highest BCUT2D eigenvalue weighted by Gasteiger charge is 2.11. The van der Waals surface area contributed by atoms with Gasteiger partial charge in [-0.2, -0.15) is 11.8 Å². The summed E-state index contributed by atoms with van der Waals surface area (Å²) in [6.45, 7) is 9.72. The van der Waals surface area contributed by atoms with Crippen LogP contribution in [0.25, 0.3) is 0 Å². The van der Waals surface area contributed by atoms with Gasteiger partial charge < -0.3 is 9.88 Å². The maximum atomic E-state index is 4.56. The molecule has 98 valence electrons. The van der Waals surface area contributed by atoms with Gasteiger partial charge >= 0.3 is 0 Å². The summed E-state index contributed by atoms with van der Waals surface area (Å²) in [6, 6.07) is 0.512. The van der Waals surface area contributed by atoms with Crippen molar-refractivity contribution >= 4 is 17.7 Å². The molecular weight excluding hydrogens is 230 g/mol. The third kappa shape index (κ3) is 4.62. The van der Waals surface area contributed by atoms with Crippen LogP contribution in [0.15, 0.2) is 6.20 Å². The Bertz CT molecular complexity index is 333. The van der Waals surface area contributed by atoms with Crippen LogP contribution in [0, 0.1) is 12.8 Å². The highest BCUT2D eigenvalue weighted by Crippen LogP contribution is 2.20. The Balaban J connectivity index is 2.69. The molecule has 0 radical (unpaired) electrons. The standard InChI is InChI=1S/C13H25N3S/c1-10(2)8-14-13-15-11(3)9-16(13)12(4)6-7-17-5/h9-10,12H,6-8H2,1-5H3,(H,14,15). The second-order valence-corrected chi connectivity index (χ2v) is 6.00. The largest absolute Gasteiger partial charge is 0.355 e. The van der Waals surface area contributed by atoms with Gasteiger partial charge in [0.1, 0.15) is 0 Å². The lowest BCUT2D eigenvalue weighted by molar-refractivity contribution is 0.536. The van der Waals surface area contributed by atoms with Crippen LogP contribution in [0.1, 0.15) is 38.9 Å². The summed E-state index contributed by atoms with van der Waals surface area (Å²) in [6.07, 6.45) is 5.49. The number of nitrogens with zero attached hydrogens (tertiary/aromatic N) is 2. The van der Waals surface area contributed by atoms with E-state index in [2.05, 4.69) is 55.0 Å². The molecule has 3 nitrogen and oxygen atoms in total. The molecule has 1 N–H and O–H groups in total. The molecule has 17 heavy (non-hydrogen) atoms. The Hall–Kier alpha value is -0.640. The molecule has 1 rings (SSSR count). The second kappa shape index (κ2) is 6.94. The zero-order valence-electron chi connectivity index (χ0n) is 11.7. The van der Waals surface area contributed by atoms with Gasteiger partial charge in [0.2, 0.25) is 5.95 Å². The first-order valence-corrected chi connectivity index (χ1v) is 7.72. The van der Waals surface area contributed by atoms with Crippen LogP contribution >= 0.6 is 11.8 Å². The van der Waals surface area contributed by atoms with Crippen molar-refractivity contribution in [1.82, 2.24) is 9.55 Å². The summed E-state index contributed by atoms with van der Waals surface area (Å²) in [4.78, 5) is 4.56. The molecule has 0 fully saturated rings. The van der Waals surface area contributed by atoms with Gasteiger partial charge in [-0.25, -0.2) is 4.98 Å². The van der Waals surface area contributed by atoms with E-state index < -0.39 is 0 Å². The van der Waals surface area contributed by atoms with Gasteiger partial charge in [0.25, 0.3) is 0 Å². The van der Waals surface area contributed by atoms with E-state index in [0.717, 1.165) is 18.2 Å². The number of aryl methyl sites for hydroxylation is 1. The van der Waals surface area contributed by atoms with Gasteiger partial charge in [0.15, 0.2) is 0 Å². The number of rotatable bonds is 7. The third-order valence-electron chi connectivity index (χ3n) is 2.74. The Morgan fingerprint density at radius 1 is 1.41 bits per heavy atom. The minimum Gasteiger partial charge on any atom is -0.355 e. The number of aromatic nitrogens is 2. The van der Waals surface area contributed by atoms with Crippen LogP contribution in [0.2, 0.25) is 0 Å². The lowest BCUT2D eigenvalue weighted by Gasteiger charge is -2.17. The van der Waals surface area contributed by atoms with Crippen LogP contribution < -0.4 is 5.32 Å². The van der Waals surface area contributed by atoms with Gasteiger partial charge in [0.05, 0.1) is 5.69 Å². The molecule has 1 heterocycles. The Kier molecular flexibility index (Phi) is 5.89. The fourth-order valence-corrected chi connectivity index (χ4v) is 2.28. The maximum absolute atomic E-state index is 4.56. The van der Waals surface area contributed by atoms with E-state index in [-0.39, 0.29) is 0 Å². The van der Waals surface area contributed by atoms with Crippen molar-refractivity contribution in [1.29, 1.82) is 0 Å². The summed E-state index contributed by atoms with van der Waals surface area (Å²) >= 11 is 1.90. The molecule has 4 heteroatoms. The number of thioether (sulfide) groups is 1. The van der Waals surface area contributed by atoms with Crippen LogP contribution in [0.3, 0.4) is 0 Å². The maximum Gasteiger partial charge on any atom is 0.203 e. The van der Waals surface area contributed by atoms with E-state index in [9.17, 15) is 0 Å². The summed E-state index contributed by atoms with van der Waals surface area (Å²) in [7, 11) is 0. The Morgan fingerprint density at radius 2 is 2.12 bits per heavy atom. The molecule has 0 saturated carbocycles. The van der Waals surface area contributed by atoms with Gasteiger partial charge in [-0.3, -0.25) is 0 Å². The van der Waals surface area contributed by atoms with E-state index in [1.165, 1.54) is 12.2 Å². The molecule has 1 aromatic heterocycles. The Labute approximate surface area is 109 Å². The highest BCUT2D eigenvalue weighted by molar-refractivity contribution is 7.98. The predicted molar refractivity (Wildman–Crippen MR) is 78.0 cm³/mol. The number of imidazole rings is 1. The molecule has 1 unspecified atom stereocenters. The van der Waals surface area contributed by atoms with E-state index in [4.69, 9.17) is 0 Å². The summed E-state index contributed by atoms with van der Waals surface area (Å²) in [5.41, 5.74) is 1.09. The summed E-state index contributed by atoms with van der Waals surface area (Å²) in [5, 5.41) is 3.44. The normalized spacial score (nSPS) is 13.1. The molecular formula is C13H25N3S. The molecule has 0 saturated heterocycles. The van der Waals surface area contributed by atoms with Crippen LogP contribution in [-0.2, 0) is 0 Å². The fraction of sp³-hybridized carbons (Fsp3) is 0.769. The molecule has 0 aliphatic heterocycles. The quantitative estimate of drug-likeness (QED) is 0.807. The van der Waals surface area contributed by atoms with Crippen LogP contribution in [0.5, 0.6) is 0 Å². The molecule has 0 bridgehead atoms. The van der Waals surface area contributed by atoms with Gasteiger partial charge in [-0.15, -0.1) is 0 Å². The van der Waals surface area contributed by atoms with Crippen molar-refractivity contribution in [2.24, 2.45) is 5.92 Å². The monoisotopic (exact) mass is 255 g/mol. The topological polar surface area (TPSA) is 29.9 Å². The lowest BCUT2D eigenvalue weighted by Crippen LogP contribution is -2.15. The van der Waals surface area contributed by atoms with Crippen molar-refractivity contribution in [2.75, 3.05) is 23.9 Å². The van der Waals surface area contributed by atoms with E-state index in [1.807, 2.05) is 11.8 Å². The third-order valence-corrected chi connectivity index (χ3v) is 3.38. The molecule has 0 aliphatic rings. The molecule has 1 atom stereocenters. The van der Waals surface area contributed by atoms with Crippen molar-refractivity contribution in [2.45, 2.75) is 40.2 Å². The van der Waals surface area contributed by atoms with E-state index in [0.29, 0.717) is 12.0 Å². The summed E-state index contributed by atoms with van der Waals surface area (Å²) < 4.78 is 2.27. The van der Waals surface area contributed by atoms with Gasteiger partial charge in [-0.1, -0.05) is 13.8 Å². The Morgan fingerprint density at radius 3 is 2.71 bits per heavy atom. The number of nitrogens with one attached hydrogen (secondary N) is 1. The molecule has 0 amide bonds. The average molecular weight is 255 g/mol. The second-order valence-electron chi connectivity index (χ2n) is 5.02. The van der Waals surface area contributed by atoms with Crippen molar-refractivity contribution in [3.8, 4) is 0 Å². The molecule has 0 spiro atoms. The first kappa shape index (κ1) is 14.4. The van der Waals surface area contributed by atoms with Crippen LogP contribution in [0.4, 0.5) is 5.95 Å². The van der Waals surface area contributed by atoms with Crippen molar-refractivity contribution in [3.63, 3.8) is 0 Å². The zero-order valence-corrected chi connectivity index (χ0v) is 12.5. The lowest BCUT2D eigenvalue weighted by atomic mass is 10.2. The first-order valence-electron chi connectivity index (χ1n) is 6.32. The predicted octanol–water partition coefficient (Wildman–Crippen LogP) is 3.57. The number of anilines is 1. The first-order chi connectivity index (χ1) is 8.04. The van der Waals surface area contributed by atoms with Gasteiger partial charge in [0, 0.05) is 18.8 Å². The minimum absolute atomic E-state index is 0.512. The molecule has 0 aromatic carbocycles. The summed E-state index contributed by atoms with van der Waals surface area (Å²) in [5.74, 6) is 2.86. The van der Waals surface area contributed by atoms with Gasteiger partial charge in [-0.05, 0) is 38.2 Å². The van der Waals surface area contributed by atoms with Crippen LogP contribution in [-0.4, -0.2) is 28.1 Å². The number of hydrogen-bond acceptors (Lipinski definition) is 3. The van der Waals surface area contributed by atoms with Crippen molar-refractivity contribution < 1.29 is 0 Å². The van der Waals surface area contributed by atoms with E-state index in [1.54, 1.807) is 0 Å². The number of hydrogen-bond donors (Lipinski definition) is 1. The van der Waals surface area contributed by atoms with E-state index >= 15 is 0 Å². The average Bonchev–Trinajstić information content (AvgIpc) is 2.64. The minimum atomic E-state index is 0.512. The van der Waals surface area contributed by atoms with Crippen molar-refractivity contribution in [3.05, 3.63) is 11.9 Å². The smallest absolute Gasteiger partial charge is 0.203 e. The molecule has 0 aliphatic carbocycles. The zero-order chi connectivity index (χ0) is 12.8. The fourth-order valence-electron chi connectivity index (χ4n) is 1.71.